The minimum absolute atomic E-state index is 0.797. The number of nitrogens with zero attached hydrogens (tertiary/aromatic N) is 2. The molecule has 0 unspecified atom stereocenters. The van der Waals surface area contributed by atoms with E-state index in [1.165, 1.54) is 44.8 Å². The Balaban J connectivity index is 1.07. The maximum absolute atomic E-state index is 6.90. The third-order valence-electron chi connectivity index (χ3n) is 13.0. The molecule has 0 spiro atoms. The van der Waals surface area contributed by atoms with Gasteiger partial charge in [0.25, 0.3) is 0 Å². The first-order valence-corrected chi connectivity index (χ1v) is 20.8. The van der Waals surface area contributed by atoms with E-state index in [4.69, 9.17) is 8.83 Å². The summed E-state index contributed by atoms with van der Waals surface area (Å²) in [6, 6.07) is 56.8. The van der Waals surface area contributed by atoms with E-state index in [2.05, 4.69) is 209 Å². The standard InChI is InChI=1S/C56H44N2O2/c1-33-15-13-21-49(35(33)3)57(43-17-9-7-10-18-43)45-25-23-39-29-47-51(31-41(39)27-45)59-55-53(47)37(5)38(6)54-48-30-40-24-26-46(28-42(40)32-52(48)60-56(54)55)58(44-19-11-8-12-20-44)50-22-14-16-34(2)36(50)4/h7-32H,1-6H3. The summed E-state index contributed by atoms with van der Waals surface area (Å²) in [7, 11) is 0. The Morgan fingerprint density at radius 3 is 1.17 bits per heavy atom. The second-order valence-corrected chi connectivity index (χ2v) is 16.4. The molecule has 60 heavy (non-hydrogen) atoms. The highest BCUT2D eigenvalue weighted by molar-refractivity contribution is 6.24. The molecule has 0 bridgehead atoms. The third kappa shape index (κ3) is 5.51. The first-order valence-electron chi connectivity index (χ1n) is 20.8. The summed E-state index contributed by atoms with van der Waals surface area (Å²) in [6.45, 7) is 13.2. The van der Waals surface area contributed by atoms with Crippen molar-refractivity contribution in [3.05, 3.63) is 191 Å². The van der Waals surface area contributed by atoms with E-state index in [-0.39, 0.29) is 0 Å². The van der Waals surface area contributed by atoms with Crippen molar-refractivity contribution in [1.82, 2.24) is 0 Å². The highest BCUT2D eigenvalue weighted by Gasteiger charge is 2.23. The molecule has 0 aliphatic rings. The number of fused-ring (bicyclic) bond motifs is 9. The minimum atomic E-state index is 0.797. The van der Waals surface area contributed by atoms with Crippen LogP contribution in [0.2, 0.25) is 0 Å². The predicted octanol–water partition coefficient (Wildman–Crippen LogP) is 16.6. The van der Waals surface area contributed by atoms with Crippen LogP contribution in [0.4, 0.5) is 34.1 Å². The summed E-state index contributed by atoms with van der Waals surface area (Å²) in [6.07, 6.45) is 0. The first-order chi connectivity index (χ1) is 29.2. The quantitative estimate of drug-likeness (QED) is 0.168. The largest absolute Gasteiger partial charge is 0.452 e. The van der Waals surface area contributed by atoms with E-state index in [0.717, 1.165) is 88.2 Å². The zero-order chi connectivity index (χ0) is 40.8. The zero-order valence-electron chi connectivity index (χ0n) is 34.7. The number of benzene rings is 9. The molecule has 0 radical (unpaired) electrons. The molecule has 0 aliphatic carbocycles. The zero-order valence-corrected chi connectivity index (χ0v) is 34.7. The lowest BCUT2D eigenvalue weighted by atomic mass is 9.96. The van der Waals surface area contributed by atoms with Gasteiger partial charge in [0.1, 0.15) is 11.2 Å². The van der Waals surface area contributed by atoms with Crippen LogP contribution in [-0.4, -0.2) is 0 Å². The van der Waals surface area contributed by atoms with Gasteiger partial charge >= 0.3 is 0 Å². The van der Waals surface area contributed by atoms with E-state index in [1.54, 1.807) is 0 Å². The molecule has 11 rings (SSSR count). The molecule has 0 amide bonds. The summed E-state index contributed by atoms with van der Waals surface area (Å²) in [4.78, 5) is 4.71. The van der Waals surface area contributed by atoms with Gasteiger partial charge in [-0.25, -0.2) is 0 Å². The van der Waals surface area contributed by atoms with Crippen LogP contribution in [0.5, 0.6) is 0 Å². The van der Waals surface area contributed by atoms with Gasteiger partial charge in [0.15, 0.2) is 11.2 Å². The van der Waals surface area contributed by atoms with Crippen LogP contribution < -0.4 is 9.80 Å². The van der Waals surface area contributed by atoms with Crippen molar-refractivity contribution in [2.75, 3.05) is 9.80 Å². The maximum Gasteiger partial charge on any atom is 0.178 e. The first kappa shape index (κ1) is 35.8. The number of aryl methyl sites for hydroxylation is 4. The van der Waals surface area contributed by atoms with Gasteiger partial charge in [-0.15, -0.1) is 0 Å². The van der Waals surface area contributed by atoms with Gasteiger partial charge < -0.3 is 18.6 Å². The van der Waals surface area contributed by atoms with Crippen molar-refractivity contribution in [3.8, 4) is 0 Å². The SMILES string of the molecule is Cc1cccc(N(c2ccccc2)c2ccc3cc4c(cc3c2)oc2c3oc5cc6cc(N(c7ccccc7)c7cccc(C)c7C)ccc6cc5c3c(C)c(C)c42)c1C. The lowest BCUT2D eigenvalue weighted by Crippen LogP contribution is -2.11. The molecule has 4 nitrogen and oxygen atoms in total. The minimum Gasteiger partial charge on any atom is -0.452 e. The van der Waals surface area contributed by atoms with Crippen LogP contribution in [0.3, 0.4) is 0 Å². The Hall–Kier alpha value is -7.30. The number of para-hydroxylation sites is 2. The molecule has 9 aromatic carbocycles. The molecule has 0 fully saturated rings. The Bertz CT molecular complexity index is 3270. The Labute approximate surface area is 349 Å². The third-order valence-corrected chi connectivity index (χ3v) is 13.0. The Kier molecular flexibility index (Phi) is 8.15. The number of hydrogen-bond acceptors (Lipinski definition) is 4. The van der Waals surface area contributed by atoms with Gasteiger partial charge in [-0.3, -0.25) is 0 Å². The fourth-order valence-corrected chi connectivity index (χ4v) is 9.34. The van der Waals surface area contributed by atoms with Gasteiger partial charge in [-0.2, -0.15) is 0 Å². The van der Waals surface area contributed by atoms with Gasteiger partial charge in [-0.1, -0.05) is 72.8 Å². The highest BCUT2D eigenvalue weighted by atomic mass is 16.4. The fraction of sp³-hybridized carbons (Fsp3) is 0.107. The van der Waals surface area contributed by atoms with Crippen LogP contribution in [0.15, 0.2) is 167 Å². The molecule has 290 valence electrons. The second-order valence-electron chi connectivity index (χ2n) is 16.4. The van der Waals surface area contributed by atoms with E-state index in [1.807, 2.05) is 0 Å². The summed E-state index contributed by atoms with van der Waals surface area (Å²) in [5.41, 5.74) is 17.5. The molecule has 2 aromatic heterocycles. The molecule has 0 saturated carbocycles. The molecule has 2 heterocycles. The Morgan fingerprint density at radius 2 is 0.750 bits per heavy atom. The van der Waals surface area contributed by atoms with Crippen molar-refractivity contribution in [2.24, 2.45) is 0 Å². The van der Waals surface area contributed by atoms with Crippen molar-refractivity contribution in [2.45, 2.75) is 41.5 Å². The number of rotatable bonds is 6. The van der Waals surface area contributed by atoms with Gasteiger partial charge in [0.05, 0.1) is 0 Å². The summed E-state index contributed by atoms with van der Waals surface area (Å²) < 4.78 is 13.8. The average molecular weight is 777 g/mol. The number of anilines is 6. The molecule has 11 aromatic rings. The van der Waals surface area contributed by atoms with Crippen LogP contribution in [-0.2, 0) is 0 Å². The maximum atomic E-state index is 6.90. The van der Waals surface area contributed by atoms with Gasteiger partial charge in [0, 0.05) is 55.7 Å². The van der Waals surface area contributed by atoms with E-state index < -0.39 is 0 Å². The van der Waals surface area contributed by atoms with Crippen molar-refractivity contribution in [1.29, 1.82) is 0 Å². The topological polar surface area (TPSA) is 32.8 Å². The van der Waals surface area contributed by atoms with Gasteiger partial charge in [0.2, 0.25) is 0 Å². The van der Waals surface area contributed by atoms with Crippen molar-refractivity contribution in [3.63, 3.8) is 0 Å². The lowest BCUT2D eigenvalue weighted by molar-refractivity contribution is 0.633. The summed E-state index contributed by atoms with van der Waals surface area (Å²) in [5, 5.41) is 8.99. The van der Waals surface area contributed by atoms with E-state index in [9.17, 15) is 0 Å². The molecular weight excluding hydrogens is 733 g/mol. The smallest absolute Gasteiger partial charge is 0.178 e. The highest BCUT2D eigenvalue weighted by Crippen LogP contribution is 2.46. The average Bonchev–Trinajstić information content (AvgIpc) is 3.83. The van der Waals surface area contributed by atoms with Crippen LogP contribution in [0.25, 0.3) is 65.4 Å². The second kappa shape index (κ2) is 13.6. The molecule has 0 N–H and O–H groups in total. The lowest BCUT2D eigenvalue weighted by Gasteiger charge is -2.28. The fourth-order valence-electron chi connectivity index (χ4n) is 9.34. The van der Waals surface area contributed by atoms with Crippen molar-refractivity contribution < 1.29 is 8.83 Å². The summed E-state index contributed by atoms with van der Waals surface area (Å²) in [5.74, 6) is 0. The van der Waals surface area contributed by atoms with E-state index in [0.29, 0.717) is 0 Å². The number of hydrogen-bond donors (Lipinski definition) is 0. The van der Waals surface area contributed by atoms with Crippen LogP contribution in [0, 0.1) is 41.5 Å². The van der Waals surface area contributed by atoms with Crippen LogP contribution in [0.1, 0.15) is 33.4 Å². The molecule has 0 saturated heterocycles. The van der Waals surface area contributed by atoms with E-state index >= 15 is 0 Å². The molecule has 4 heteroatoms. The predicted molar refractivity (Wildman–Crippen MR) is 254 cm³/mol. The normalized spacial score (nSPS) is 11.8. The van der Waals surface area contributed by atoms with Crippen LogP contribution >= 0.6 is 0 Å². The molecular formula is C56H44N2O2. The molecule has 0 atom stereocenters. The summed E-state index contributed by atoms with van der Waals surface area (Å²) >= 11 is 0. The molecule has 0 aliphatic heterocycles. The van der Waals surface area contributed by atoms with Gasteiger partial charge in [-0.05, 0) is 181 Å². The monoisotopic (exact) mass is 776 g/mol. The number of furan rings is 2. The Morgan fingerprint density at radius 1 is 0.333 bits per heavy atom. The van der Waals surface area contributed by atoms with Crippen molar-refractivity contribution >= 4 is 99.5 Å².